The van der Waals surface area contributed by atoms with E-state index in [-0.39, 0.29) is 0 Å². The first-order chi connectivity index (χ1) is 4.77. The highest BCUT2D eigenvalue weighted by atomic mass is 16.2. The minimum absolute atomic E-state index is 0.618. The fraction of sp³-hybridized carbons (Fsp3) is 0.667. The van der Waals surface area contributed by atoms with Gasteiger partial charge >= 0.3 is 6.03 Å². The predicted molar refractivity (Wildman–Crippen MR) is 40.7 cm³/mol. The molecular formula is C6H13N3O. The summed E-state index contributed by atoms with van der Waals surface area (Å²) < 4.78 is 0. The van der Waals surface area contributed by atoms with E-state index in [0.29, 0.717) is 0 Å². The molecule has 0 saturated carbocycles. The number of carbonyl (C=O) groups excluding carboxylic acids is 1. The topological polar surface area (TPSA) is 67.5 Å². The van der Waals surface area contributed by atoms with Crippen molar-refractivity contribution in [3.05, 3.63) is 0 Å². The minimum Gasteiger partial charge on any atom is -0.350 e. The highest BCUT2D eigenvalue weighted by molar-refractivity contribution is 5.72. The van der Waals surface area contributed by atoms with Crippen LogP contribution >= 0.6 is 0 Å². The van der Waals surface area contributed by atoms with E-state index < -0.39 is 6.03 Å². The number of urea groups is 1. The van der Waals surface area contributed by atoms with E-state index in [4.69, 9.17) is 5.73 Å². The molecule has 0 bridgehead atoms. The maximum Gasteiger partial charge on any atom is 0.332 e. The zero-order chi connectivity index (χ0) is 7.82. The largest absolute Gasteiger partial charge is 0.350 e. The van der Waals surface area contributed by atoms with E-state index in [1.54, 1.807) is 6.21 Å². The molecule has 10 heavy (non-hydrogen) atoms. The van der Waals surface area contributed by atoms with Gasteiger partial charge in [0, 0.05) is 6.21 Å². The molecule has 3 N–H and O–H groups in total. The molecule has 58 valence electrons. The van der Waals surface area contributed by atoms with Crippen LogP contribution in [-0.4, -0.2) is 12.2 Å². The maximum atomic E-state index is 10.0. The van der Waals surface area contributed by atoms with Crippen LogP contribution in [0.1, 0.15) is 26.2 Å². The molecule has 0 atom stereocenters. The van der Waals surface area contributed by atoms with E-state index in [0.717, 1.165) is 19.3 Å². The van der Waals surface area contributed by atoms with Gasteiger partial charge in [-0.15, -0.1) is 0 Å². The number of hydrogen-bond acceptors (Lipinski definition) is 2. The third kappa shape index (κ3) is 6.94. The Morgan fingerprint density at radius 2 is 2.50 bits per heavy atom. The first-order valence-electron chi connectivity index (χ1n) is 3.34. The Labute approximate surface area is 60.5 Å². The number of amides is 2. The Bertz CT molecular complexity index is 122. The predicted octanol–water partition coefficient (Wildman–Crippen LogP) is 0.831. The molecule has 0 aliphatic rings. The van der Waals surface area contributed by atoms with E-state index in [2.05, 4.69) is 17.5 Å². The Morgan fingerprint density at radius 3 is 3.00 bits per heavy atom. The number of hydrazone groups is 1. The van der Waals surface area contributed by atoms with Crippen molar-refractivity contribution in [3.8, 4) is 0 Å². The van der Waals surface area contributed by atoms with Crippen LogP contribution in [0.3, 0.4) is 0 Å². The van der Waals surface area contributed by atoms with Crippen molar-refractivity contribution in [2.45, 2.75) is 26.2 Å². The molecule has 0 radical (unpaired) electrons. The Hall–Kier alpha value is -1.06. The van der Waals surface area contributed by atoms with E-state index in [1.807, 2.05) is 0 Å². The van der Waals surface area contributed by atoms with Crippen molar-refractivity contribution in [2.75, 3.05) is 0 Å². The average molecular weight is 143 g/mol. The zero-order valence-electron chi connectivity index (χ0n) is 6.13. The van der Waals surface area contributed by atoms with Gasteiger partial charge in [0.2, 0.25) is 0 Å². The SMILES string of the molecule is CCCCC=NNC(N)=O. The summed E-state index contributed by atoms with van der Waals surface area (Å²) in [4.78, 5) is 10.0. The first-order valence-corrected chi connectivity index (χ1v) is 3.34. The number of hydrogen-bond donors (Lipinski definition) is 2. The number of nitrogens with one attached hydrogen (secondary N) is 1. The average Bonchev–Trinajstić information content (AvgIpc) is 1.87. The fourth-order valence-corrected chi connectivity index (χ4v) is 0.469. The van der Waals surface area contributed by atoms with Crippen molar-refractivity contribution in [2.24, 2.45) is 10.8 Å². The number of unbranched alkanes of at least 4 members (excludes halogenated alkanes) is 2. The van der Waals surface area contributed by atoms with Crippen LogP contribution in [0, 0.1) is 0 Å². The molecule has 0 aromatic rings. The van der Waals surface area contributed by atoms with Gasteiger partial charge in [-0.2, -0.15) is 5.10 Å². The molecule has 0 rings (SSSR count). The van der Waals surface area contributed by atoms with Crippen LogP contribution in [-0.2, 0) is 0 Å². The van der Waals surface area contributed by atoms with Crippen LogP contribution in [0.2, 0.25) is 0 Å². The quantitative estimate of drug-likeness (QED) is 0.341. The molecule has 0 unspecified atom stereocenters. The normalized spacial score (nSPS) is 10.1. The third-order valence-electron chi connectivity index (χ3n) is 0.953. The van der Waals surface area contributed by atoms with Crippen LogP contribution in [0.5, 0.6) is 0 Å². The van der Waals surface area contributed by atoms with Crippen molar-refractivity contribution in [3.63, 3.8) is 0 Å². The van der Waals surface area contributed by atoms with Gasteiger partial charge in [0.05, 0.1) is 0 Å². The molecule has 0 saturated heterocycles. The van der Waals surface area contributed by atoms with Crippen LogP contribution in [0.4, 0.5) is 4.79 Å². The molecule has 0 fully saturated rings. The third-order valence-corrected chi connectivity index (χ3v) is 0.953. The van der Waals surface area contributed by atoms with Gasteiger partial charge in [0.15, 0.2) is 0 Å². The second-order valence-corrected chi connectivity index (χ2v) is 1.93. The number of rotatable bonds is 4. The highest BCUT2D eigenvalue weighted by Gasteiger charge is 1.82. The summed E-state index contributed by atoms with van der Waals surface area (Å²) in [6.07, 6.45) is 4.75. The van der Waals surface area contributed by atoms with Gasteiger partial charge in [-0.25, -0.2) is 10.2 Å². The smallest absolute Gasteiger partial charge is 0.332 e. The van der Waals surface area contributed by atoms with Crippen LogP contribution in [0.15, 0.2) is 5.10 Å². The molecule has 4 heteroatoms. The first kappa shape index (κ1) is 8.94. The summed E-state index contributed by atoms with van der Waals surface area (Å²) in [5.41, 5.74) is 6.86. The van der Waals surface area contributed by atoms with E-state index in [9.17, 15) is 4.79 Å². The molecule has 2 amide bonds. The van der Waals surface area contributed by atoms with Gasteiger partial charge in [0.25, 0.3) is 0 Å². The second kappa shape index (κ2) is 6.07. The molecule has 0 spiro atoms. The van der Waals surface area contributed by atoms with Gasteiger partial charge in [-0.05, 0) is 12.8 Å². The maximum absolute atomic E-state index is 10.0. The highest BCUT2D eigenvalue weighted by Crippen LogP contribution is 1.88. The van der Waals surface area contributed by atoms with E-state index >= 15 is 0 Å². The second-order valence-electron chi connectivity index (χ2n) is 1.93. The van der Waals surface area contributed by atoms with Crippen molar-refractivity contribution < 1.29 is 4.79 Å². The lowest BCUT2D eigenvalue weighted by atomic mass is 10.3. The lowest BCUT2D eigenvalue weighted by Gasteiger charge is -1.89. The number of carbonyl (C=O) groups is 1. The fourth-order valence-electron chi connectivity index (χ4n) is 0.469. The van der Waals surface area contributed by atoms with Crippen molar-refractivity contribution in [1.29, 1.82) is 0 Å². The molecular weight excluding hydrogens is 130 g/mol. The lowest BCUT2D eigenvalue weighted by molar-refractivity contribution is 0.249. The number of nitrogens with two attached hydrogens (primary N) is 1. The van der Waals surface area contributed by atoms with Crippen molar-refractivity contribution >= 4 is 12.2 Å². The molecule has 0 heterocycles. The summed E-state index contributed by atoms with van der Waals surface area (Å²) in [7, 11) is 0. The number of primary amides is 1. The summed E-state index contributed by atoms with van der Waals surface area (Å²) in [6.45, 7) is 2.09. The molecule has 0 aliphatic carbocycles. The van der Waals surface area contributed by atoms with Gasteiger partial charge in [-0.3, -0.25) is 0 Å². The lowest BCUT2D eigenvalue weighted by Crippen LogP contribution is -2.24. The van der Waals surface area contributed by atoms with Crippen LogP contribution < -0.4 is 11.2 Å². The summed E-state index contributed by atoms with van der Waals surface area (Å²) in [6, 6.07) is -0.618. The monoisotopic (exact) mass is 143 g/mol. The zero-order valence-corrected chi connectivity index (χ0v) is 6.13. The van der Waals surface area contributed by atoms with Gasteiger partial charge in [0.1, 0.15) is 0 Å². The van der Waals surface area contributed by atoms with Gasteiger partial charge in [-0.1, -0.05) is 13.3 Å². The van der Waals surface area contributed by atoms with Crippen LogP contribution in [0.25, 0.3) is 0 Å². The molecule has 4 nitrogen and oxygen atoms in total. The summed E-state index contributed by atoms with van der Waals surface area (Å²) >= 11 is 0. The molecule has 0 aromatic carbocycles. The Balaban J connectivity index is 3.12. The molecule has 0 aromatic heterocycles. The van der Waals surface area contributed by atoms with E-state index in [1.165, 1.54) is 0 Å². The Kier molecular flexibility index (Phi) is 5.42. The van der Waals surface area contributed by atoms with Gasteiger partial charge < -0.3 is 5.73 Å². The Morgan fingerprint density at radius 1 is 1.80 bits per heavy atom. The standard InChI is InChI=1S/C6H13N3O/c1-2-3-4-5-8-9-6(7)10/h5H,2-4H2,1H3,(H3,7,9,10). The minimum atomic E-state index is -0.618. The number of nitrogens with zero attached hydrogens (tertiary/aromatic N) is 1. The van der Waals surface area contributed by atoms with Crippen molar-refractivity contribution in [1.82, 2.24) is 5.43 Å². The summed E-state index contributed by atoms with van der Waals surface area (Å²) in [5.74, 6) is 0. The summed E-state index contributed by atoms with van der Waals surface area (Å²) in [5, 5.41) is 3.56. The molecule has 0 aliphatic heterocycles.